The SMILES string of the molecule is N#Cc1cccc(-c2ccc(-c3nc(-c4ccccc4)nc(-c4ccccc4-c4cccc(-c5cccc(-c6nc(-c7ccccc7)nc(-c7ccccc7)n6)c5)c4)n3)cc2)c1. The molecule has 7 nitrogen and oxygen atoms in total. The van der Waals surface area contributed by atoms with E-state index in [0.717, 1.165) is 66.8 Å². The molecule has 0 aliphatic heterocycles. The molecule has 62 heavy (non-hydrogen) atoms. The quantitative estimate of drug-likeness (QED) is 0.143. The Morgan fingerprint density at radius 2 is 0.581 bits per heavy atom. The molecule has 0 aliphatic carbocycles. The van der Waals surface area contributed by atoms with Gasteiger partial charge in [-0.05, 0) is 57.6 Å². The zero-order valence-corrected chi connectivity index (χ0v) is 33.3. The van der Waals surface area contributed by atoms with Crippen LogP contribution in [0.3, 0.4) is 0 Å². The predicted molar refractivity (Wildman–Crippen MR) is 247 cm³/mol. The second kappa shape index (κ2) is 16.9. The molecule has 0 fully saturated rings. The monoisotopic (exact) mass is 793 g/mol. The maximum absolute atomic E-state index is 9.45. The van der Waals surface area contributed by atoms with Crippen LogP contribution in [0.1, 0.15) is 5.56 Å². The van der Waals surface area contributed by atoms with Crippen molar-refractivity contribution in [1.29, 1.82) is 5.26 Å². The lowest BCUT2D eigenvalue weighted by molar-refractivity contribution is 1.07. The fourth-order valence-corrected chi connectivity index (χ4v) is 7.49. The zero-order chi connectivity index (χ0) is 41.7. The van der Waals surface area contributed by atoms with Gasteiger partial charge in [-0.1, -0.05) is 188 Å². The lowest BCUT2D eigenvalue weighted by atomic mass is 9.95. The van der Waals surface area contributed by atoms with Gasteiger partial charge in [-0.2, -0.15) is 5.26 Å². The lowest BCUT2D eigenvalue weighted by Gasteiger charge is -2.13. The van der Waals surface area contributed by atoms with Crippen LogP contribution in [0, 0.1) is 11.3 Å². The summed E-state index contributed by atoms with van der Waals surface area (Å²) in [5, 5.41) is 9.45. The third kappa shape index (κ3) is 7.87. The predicted octanol–water partition coefficient (Wildman–Crippen LogP) is 12.9. The summed E-state index contributed by atoms with van der Waals surface area (Å²) in [7, 11) is 0. The number of nitrogens with zero attached hydrogens (tertiary/aromatic N) is 7. The zero-order valence-electron chi connectivity index (χ0n) is 33.3. The highest BCUT2D eigenvalue weighted by atomic mass is 15.0. The molecule has 2 aromatic heterocycles. The molecule has 8 aromatic carbocycles. The fraction of sp³-hybridized carbons (Fsp3) is 0. The summed E-state index contributed by atoms with van der Waals surface area (Å²) in [4.78, 5) is 30.0. The summed E-state index contributed by atoms with van der Waals surface area (Å²) >= 11 is 0. The van der Waals surface area contributed by atoms with Gasteiger partial charge in [0.1, 0.15) is 0 Å². The second-order valence-electron chi connectivity index (χ2n) is 14.7. The van der Waals surface area contributed by atoms with Crippen molar-refractivity contribution in [2.24, 2.45) is 0 Å². The highest BCUT2D eigenvalue weighted by Crippen LogP contribution is 2.36. The van der Waals surface area contributed by atoms with E-state index >= 15 is 0 Å². The van der Waals surface area contributed by atoms with Crippen LogP contribution in [-0.2, 0) is 0 Å². The minimum atomic E-state index is 0.565. The Bertz CT molecular complexity index is 3180. The largest absolute Gasteiger partial charge is 0.208 e. The highest BCUT2D eigenvalue weighted by Gasteiger charge is 2.17. The van der Waals surface area contributed by atoms with Gasteiger partial charge in [-0.3, -0.25) is 0 Å². The molecule has 0 radical (unpaired) electrons. The van der Waals surface area contributed by atoms with Crippen LogP contribution >= 0.6 is 0 Å². The average molecular weight is 794 g/mol. The van der Waals surface area contributed by atoms with Crippen molar-refractivity contribution in [2.45, 2.75) is 0 Å². The van der Waals surface area contributed by atoms with Crippen LogP contribution in [0.15, 0.2) is 212 Å². The topological polar surface area (TPSA) is 101 Å². The Hall–Kier alpha value is -8.73. The number of hydrogen-bond donors (Lipinski definition) is 0. The molecule has 290 valence electrons. The molecule has 0 bridgehead atoms. The van der Waals surface area contributed by atoms with Gasteiger partial charge in [0.2, 0.25) is 0 Å². The van der Waals surface area contributed by atoms with Crippen LogP contribution in [-0.4, -0.2) is 29.9 Å². The van der Waals surface area contributed by atoms with E-state index in [1.807, 2.05) is 164 Å². The Labute approximate surface area is 359 Å². The van der Waals surface area contributed by atoms with E-state index in [2.05, 4.69) is 54.6 Å². The molecule has 0 saturated heterocycles. The smallest absolute Gasteiger partial charge is 0.164 e. The highest BCUT2D eigenvalue weighted by molar-refractivity contribution is 5.85. The number of benzene rings is 8. The summed E-state index contributed by atoms with van der Waals surface area (Å²) in [6, 6.07) is 73.1. The summed E-state index contributed by atoms with van der Waals surface area (Å²) in [5.41, 5.74) is 12.1. The summed E-state index contributed by atoms with van der Waals surface area (Å²) in [5.74, 6) is 3.56. The summed E-state index contributed by atoms with van der Waals surface area (Å²) in [6.07, 6.45) is 0. The van der Waals surface area contributed by atoms with Crippen LogP contribution in [0.25, 0.3) is 102 Å². The van der Waals surface area contributed by atoms with Crippen LogP contribution in [0.2, 0.25) is 0 Å². The molecule has 2 heterocycles. The van der Waals surface area contributed by atoms with Gasteiger partial charge in [-0.15, -0.1) is 0 Å². The molecule has 0 atom stereocenters. The first kappa shape index (κ1) is 37.5. The van der Waals surface area contributed by atoms with Crippen molar-refractivity contribution in [1.82, 2.24) is 29.9 Å². The molecule has 0 N–H and O–H groups in total. The van der Waals surface area contributed by atoms with E-state index in [9.17, 15) is 5.26 Å². The van der Waals surface area contributed by atoms with Gasteiger partial charge in [0.15, 0.2) is 34.9 Å². The fourth-order valence-electron chi connectivity index (χ4n) is 7.49. The molecule has 0 unspecified atom stereocenters. The Kier molecular flexibility index (Phi) is 10.2. The molecule has 0 amide bonds. The number of rotatable bonds is 9. The number of aromatic nitrogens is 6. The standard InChI is InChI=1S/C55H35N7/c56-36-37-15-12-22-43(33-37)38-29-31-42(32-30-38)53-58-52(41-20-8-3-9-21-41)61-55(62-53)49-28-11-10-27-48(49)46-25-13-23-44(34-46)45-24-14-26-47(35-45)54-59-50(39-16-4-1-5-17-39)57-51(60-54)40-18-6-2-7-19-40/h1-35H. The minimum Gasteiger partial charge on any atom is -0.208 e. The molecule has 0 spiro atoms. The number of nitriles is 1. The Balaban J connectivity index is 1.03. The lowest BCUT2D eigenvalue weighted by Crippen LogP contribution is -2.01. The second-order valence-corrected chi connectivity index (χ2v) is 14.7. The van der Waals surface area contributed by atoms with E-state index < -0.39 is 0 Å². The van der Waals surface area contributed by atoms with Crippen molar-refractivity contribution in [2.75, 3.05) is 0 Å². The van der Waals surface area contributed by atoms with Gasteiger partial charge in [0.05, 0.1) is 11.6 Å². The number of hydrogen-bond acceptors (Lipinski definition) is 7. The van der Waals surface area contributed by atoms with Crippen molar-refractivity contribution >= 4 is 0 Å². The maximum atomic E-state index is 9.45. The average Bonchev–Trinajstić information content (AvgIpc) is 3.37. The van der Waals surface area contributed by atoms with E-state index in [0.29, 0.717) is 40.5 Å². The molecule has 7 heteroatoms. The van der Waals surface area contributed by atoms with Gasteiger partial charge in [0.25, 0.3) is 0 Å². The molecular formula is C55H35N7. The van der Waals surface area contributed by atoms with Crippen LogP contribution in [0.5, 0.6) is 0 Å². The summed E-state index contributed by atoms with van der Waals surface area (Å²) < 4.78 is 0. The third-order valence-electron chi connectivity index (χ3n) is 10.6. The van der Waals surface area contributed by atoms with Crippen LogP contribution in [0.4, 0.5) is 0 Å². The third-order valence-corrected chi connectivity index (χ3v) is 10.6. The van der Waals surface area contributed by atoms with E-state index in [4.69, 9.17) is 29.9 Å². The van der Waals surface area contributed by atoms with Crippen LogP contribution < -0.4 is 0 Å². The normalized spacial score (nSPS) is 10.9. The first-order valence-electron chi connectivity index (χ1n) is 20.3. The Morgan fingerprint density at radius 3 is 1.10 bits per heavy atom. The Morgan fingerprint density at radius 1 is 0.242 bits per heavy atom. The molecular weight excluding hydrogens is 759 g/mol. The molecule has 10 aromatic rings. The molecule has 0 saturated carbocycles. The van der Waals surface area contributed by atoms with E-state index in [-0.39, 0.29) is 0 Å². The van der Waals surface area contributed by atoms with E-state index in [1.54, 1.807) is 0 Å². The van der Waals surface area contributed by atoms with Crippen molar-refractivity contribution in [3.63, 3.8) is 0 Å². The summed E-state index contributed by atoms with van der Waals surface area (Å²) in [6.45, 7) is 0. The van der Waals surface area contributed by atoms with Crippen molar-refractivity contribution in [3.05, 3.63) is 218 Å². The molecule has 10 rings (SSSR count). The molecule has 0 aliphatic rings. The van der Waals surface area contributed by atoms with Gasteiger partial charge >= 0.3 is 0 Å². The van der Waals surface area contributed by atoms with Gasteiger partial charge in [0, 0.05) is 33.4 Å². The van der Waals surface area contributed by atoms with Gasteiger partial charge < -0.3 is 0 Å². The van der Waals surface area contributed by atoms with Crippen molar-refractivity contribution < 1.29 is 0 Å². The van der Waals surface area contributed by atoms with Gasteiger partial charge in [-0.25, -0.2) is 29.9 Å². The van der Waals surface area contributed by atoms with Crippen molar-refractivity contribution in [3.8, 4) is 108 Å². The maximum Gasteiger partial charge on any atom is 0.164 e. The minimum absolute atomic E-state index is 0.565. The first-order valence-corrected chi connectivity index (χ1v) is 20.3. The van der Waals surface area contributed by atoms with E-state index in [1.165, 1.54) is 0 Å². The first-order chi connectivity index (χ1) is 30.6.